The highest BCUT2D eigenvalue weighted by molar-refractivity contribution is 5.76. The molecule has 1 aromatic carbocycles. The smallest absolute Gasteiger partial charge is 0.220 e. The van der Waals surface area contributed by atoms with Crippen LogP contribution in [0.2, 0.25) is 0 Å². The summed E-state index contributed by atoms with van der Waals surface area (Å²) in [7, 11) is 0. The fraction of sp³-hybridized carbons (Fsp3) is 0.474. The summed E-state index contributed by atoms with van der Waals surface area (Å²) < 4.78 is 5.74. The number of benzene rings is 1. The minimum Gasteiger partial charge on any atom is -0.441 e. The van der Waals surface area contributed by atoms with Gasteiger partial charge in [0.05, 0.1) is 6.20 Å². The SMILES string of the molecule is O=C(CCc1ncc(-c2ccccc2)o1)NC1CCCCCC1. The van der Waals surface area contributed by atoms with Crippen molar-refractivity contribution in [3.63, 3.8) is 0 Å². The number of rotatable bonds is 5. The molecule has 3 rings (SSSR count). The van der Waals surface area contributed by atoms with Crippen LogP contribution in [0.5, 0.6) is 0 Å². The number of carbonyl (C=O) groups is 1. The lowest BCUT2D eigenvalue weighted by atomic mass is 10.1. The Morgan fingerprint density at radius 3 is 2.61 bits per heavy atom. The fourth-order valence-corrected chi connectivity index (χ4v) is 3.11. The summed E-state index contributed by atoms with van der Waals surface area (Å²) >= 11 is 0. The Bertz CT molecular complexity index is 613. The second-order valence-corrected chi connectivity index (χ2v) is 6.24. The van der Waals surface area contributed by atoms with Crippen molar-refractivity contribution in [2.75, 3.05) is 0 Å². The van der Waals surface area contributed by atoms with E-state index in [-0.39, 0.29) is 5.91 Å². The zero-order valence-electron chi connectivity index (χ0n) is 13.5. The van der Waals surface area contributed by atoms with Gasteiger partial charge in [0.15, 0.2) is 11.7 Å². The van der Waals surface area contributed by atoms with Crippen molar-refractivity contribution in [2.24, 2.45) is 0 Å². The summed E-state index contributed by atoms with van der Waals surface area (Å²) in [4.78, 5) is 16.4. The number of amides is 1. The molecule has 0 saturated heterocycles. The molecule has 1 fully saturated rings. The van der Waals surface area contributed by atoms with E-state index in [0.717, 1.165) is 24.2 Å². The predicted octanol–water partition coefficient (Wildman–Crippen LogP) is 4.11. The maximum atomic E-state index is 12.1. The maximum Gasteiger partial charge on any atom is 0.220 e. The molecule has 0 aliphatic heterocycles. The molecule has 0 atom stereocenters. The number of nitrogens with one attached hydrogen (secondary N) is 1. The fourth-order valence-electron chi connectivity index (χ4n) is 3.11. The van der Waals surface area contributed by atoms with Gasteiger partial charge in [-0.05, 0) is 12.8 Å². The standard InChI is InChI=1S/C19H24N2O2/c22-18(21-16-10-6-1-2-7-11-16)12-13-19-20-14-17(23-19)15-8-4-3-5-9-15/h3-5,8-9,14,16H,1-2,6-7,10-13H2,(H,21,22). The van der Waals surface area contributed by atoms with Gasteiger partial charge in [0.25, 0.3) is 0 Å². The largest absolute Gasteiger partial charge is 0.441 e. The van der Waals surface area contributed by atoms with E-state index in [1.165, 1.54) is 25.7 Å². The van der Waals surface area contributed by atoms with Gasteiger partial charge in [-0.3, -0.25) is 4.79 Å². The van der Waals surface area contributed by atoms with Crippen LogP contribution < -0.4 is 5.32 Å². The average molecular weight is 312 g/mol. The van der Waals surface area contributed by atoms with Gasteiger partial charge in [0.2, 0.25) is 5.91 Å². The molecule has 0 radical (unpaired) electrons. The molecular weight excluding hydrogens is 288 g/mol. The second kappa shape index (κ2) is 7.95. The zero-order valence-corrected chi connectivity index (χ0v) is 13.5. The normalized spacial score (nSPS) is 16.0. The Labute approximate surface area is 137 Å². The Kier molecular flexibility index (Phi) is 5.46. The summed E-state index contributed by atoms with van der Waals surface area (Å²) in [5, 5.41) is 3.16. The highest BCUT2D eigenvalue weighted by Crippen LogP contribution is 2.20. The molecule has 2 aromatic rings. The molecule has 1 aliphatic rings. The Hall–Kier alpha value is -2.10. The Morgan fingerprint density at radius 1 is 1.13 bits per heavy atom. The van der Waals surface area contributed by atoms with Crippen molar-refractivity contribution in [3.8, 4) is 11.3 Å². The zero-order chi connectivity index (χ0) is 15.9. The summed E-state index contributed by atoms with van der Waals surface area (Å²) in [6.07, 6.45) is 9.99. The van der Waals surface area contributed by atoms with Gasteiger partial charge in [-0.25, -0.2) is 4.98 Å². The number of aromatic nitrogens is 1. The van der Waals surface area contributed by atoms with Gasteiger partial charge in [0.1, 0.15) is 0 Å². The van der Waals surface area contributed by atoms with Crippen molar-refractivity contribution in [1.82, 2.24) is 10.3 Å². The van der Waals surface area contributed by atoms with E-state index in [2.05, 4.69) is 10.3 Å². The Balaban J connectivity index is 1.48. The van der Waals surface area contributed by atoms with E-state index in [4.69, 9.17) is 4.42 Å². The number of oxazole rings is 1. The van der Waals surface area contributed by atoms with Crippen molar-refractivity contribution in [3.05, 3.63) is 42.4 Å². The number of nitrogens with zero attached hydrogens (tertiary/aromatic N) is 1. The molecule has 1 amide bonds. The van der Waals surface area contributed by atoms with Gasteiger partial charge in [-0.1, -0.05) is 56.0 Å². The Morgan fingerprint density at radius 2 is 1.87 bits per heavy atom. The number of hydrogen-bond donors (Lipinski definition) is 1. The minimum absolute atomic E-state index is 0.108. The highest BCUT2D eigenvalue weighted by atomic mass is 16.4. The molecular formula is C19H24N2O2. The maximum absolute atomic E-state index is 12.1. The third-order valence-corrected chi connectivity index (χ3v) is 4.40. The molecule has 23 heavy (non-hydrogen) atoms. The first kappa shape index (κ1) is 15.8. The summed E-state index contributed by atoms with van der Waals surface area (Å²) in [6, 6.07) is 10.2. The quantitative estimate of drug-likeness (QED) is 0.845. The van der Waals surface area contributed by atoms with Crippen LogP contribution in [0.1, 0.15) is 50.8 Å². The molecule has 1 saturated carbocycles. The van der Waals surface area contributed by atoms with Crippen molar-refractivity contribution >= 4 is 5.91 Å². The summed E-state index contributed by atoms with van der Waals surface area (Å²) in [6.45, 7) is 0. The molecule has 1 heterocycles. The number of hydrogen-bond acceptors (Lipinski definition) is 3. The molecule has 0 unspecified atom stereocenters. The third-order valence-electron chi connectivity index (χ3n) is 4.40. The van der Waals surface area contributed by atoms with E-state index in [9.17, 15) is 4.79 Å². The summed E-state index contributed by atoms with van der Waals surface area (Å²) in [5.74, 6) is 1.49. The summed E-state index contributed by atoms with van der Waals surface area (Å²) in [5.41, 5.74) is 1.01. The molecule has 1 N–H and O–H groups in total. The van der Waals surface area contributed by atoms with Crippen LogP contribution in [0.3, 0.4) is 0 Å². The van der Waals surface area contributed by atoms with Crippen LogP contribution in [0.15, 0.2) is 40.9 Å². The first-order valence-electron chi connectivity index (χ1n) is 8.61. The van der Waals surface area contributed by atoms with Crippen molar-refractivity contribution in [1.29, 1.82) is 0 Å². The first-order chi connectivity index (χ1) is 11.3. The molecule has 4 heteroatoms. The van der Waals surface area contributed by atoms with Crippen LogP contribution in [0.4, 0.5) is 0 Å². The molecule has 1 aromatic heterocycles. The molecule has 0 bridgehead atoms. The first-order valence-corrected chi connectivity index (χ1v) is 8.61. The second-order valence-electron chi connectivity index (χ2n) is 6.24. The lowest BCUT2D eigenvalue weighted by Crippen LogP contribution is -2.34. The molecule has 1 aliphatic carbocycles. The van der Waals surface area contributed by atoms with Crippen LogP contribution in [0.25, 0.3) is 11.3 Å². The van der Waals surface area contributed by atoms with Gasteiger partial charge < -0.3 is 9.73 Å². The topological polar surface area (TPSA) is 55.1 Å². The number of aryl methyl sites for hydroxylation is 1. The predicted molar refractivity (Wildman–Crippen MR) is 89.9 cm³/mol. The van der Waals surface area contributed by atoms with Crippen LogP contribution in [-0.2, 0) is 11.2 Å². The number of carbonyl (C=O) groups excluding carboxylic acids is 1. The van der Waals surface area contributed by atoms with Crippen LogP contribution in [-0.4, -0.2) is 16.9 Å². The minimum atomic E-state index is 0.108. The van der Waals surface area contributed by atoms with Gasteiger partial charge in [-0.2, -0.15) is 0 Å². The van der Waals surface area contributed by atoms with E-state index in [1.54, 1.807) is 6.20 Å². The highest BCUT2D eigenvalue weighted by Gasteiger charge is 2.15. The van der Waals surface area contributed by atoms with Crippen molar-refractivity contribution < 1.29 is 9.21 Å². The van der Waals surface area contributed by atoms with Gasteiger partial charge in [0, 0.05) is 24.4 Å². The van der Waals surface area contributed by atoms with Crippen LogP contribution in [0, 0.1) is 0 Å². The molecule has 4 nitrogen and oxygen atoms in total. The molecule has 122 valence electrons. The molecule has 0 spiro atoms. The van der Waals surface area contributed by atoms with Crippen molar-refractivity contribution in [2.45, 2.75) is 57.4 Å². The van der Waals surface area contributed by atoms with Crippen LogP contribution >= 0.6 is 0 Å². The van der Waals surface area contributed by atoms with E-state index < -0.39 is 0 Å². The van der Waals surface area contributed by atoms with E-state index in [0.29, 0.717) is 24.8 Å². The van der Waals surface area contributed by atoms with E-state index >= 15 is 0 Å². The van der Waals surface area contributed by atoms with Gasteiger partial charge >= 0.3 is 0 Å². The van der Waals surface area contributed by atoms with Gasteiger partial charge in [-0.15, -0.1) is 0 Å². The lowest BCUT2D eigenvalue weighted by molar-refractivity contribution is -0.121. The monoisotopic (exact) mass is 312 g/mol. The lowest BCUT2D eigenvalue weighted by Gasteiger charge is -2.15. The third kappa shape index (κ3) is 4.68. The van der Waals surface area contributed by atoms with E-state index in [1.807, 2.05) is 30.3 Å². The average Bonchev–Trinajstić information content (AvgIpc) is 2.91.